The second kappa shape index (κ2) is 2.62. The molecule has 0 saturated heterocycles. The number of hydrogen-bond acceptors (Lipinski definition) is 3. The van der Waals surface area contributed by atoms with Crippen LogP contribution in [0.2, 0.25) is 0 Å². The summed E-state index contributed by atoms with van der Waals surface area (Å²) in [5, 5.41) is 6.53. The minimum absolute atomic E-state index is 0.191. The first-order chi connectivity index (χ1) is 5.41. The molecule has 0 aliphatic carbocycles. The topological polar surface area (TPSA) is 51.8 Å². The Morgan fingerprint density at radius 1 is 1.33 bits per heavy atom. The molecule has 66 valence electrons. The van der Waals surface area contributed by atoms with Gasteiger partial charge < -0.3 is 5.73 Å². The van der Waals surface area contributed by atoms with E-state index in [1.807, 2.05) is 0 Å². The smallest absolute Gasteiger partial charge is 0.382 e. The van der Waals surface area contributed by atoms with Crippen LogP contribution >= 0.6 is 0 Å². The number of nitrogens with two attached hydrogens (primary N) is 1. The molecule has 0 aromatic carbocycles. The number of alkyl halides is 3. The van der Waals surface area contributed by atoms with Gasteiger partial charge in [-0.15, -0.1) is 5.10 Å². The summed E-state index contributed by atoms with van der Waals surface area (Å²) >= 11 is 0. The molecule has 0 radical (unpaired) electrons. The minimum Gasteiger partial charge on any atom is -0.382 e. The number of nitrogens with zero attached hydrogens (tertiary/aromatic N) is 2. The van der Waals surface area contributed by atoms with Crippen molar-refractivity contribution in [3.05, 3.63) is 17.3 Å². The molecule has 0 spiro atoms. The summed E-state index contributed by atoms with van der Waals surface area (Å²) in [5.74, 6) is -0.590. The van der Waals surface area contributed by atoms with Crippen LogP contribution in [0.5, 0.6) is 0 Å². The third kappa shape index (κ3) is 1.63. The molecule has 3 nitrogen and oxygen atoms in total. The first kappa shape index (κ1) is 8.76. The summed E-state index contributed by atoms with van der Waals surface area (Å²) in [6.07, 6.45) is -4.45. The predicted octanol–water partition coefficient (Wildman–Crippen LogP) is 1.39. The van der Waals surface area contributed by atoms with Gasteiger partial charge in [0.1, 0.15) is 5.56 Å². The highest BCUT2D eigenvalue weighted by atomic mass is 19.4. The van der Waals surface area contributed by atoms with Gasteiger partial charge >= 0.3 is 6.18 Å². The van der Waals surface area contributed by atoms with Crippen molar-refractivity contribution in [3.8, 4) is 0 Å². The van der Waals surface area contributed by atoms with Crippen LogP contribution in [-0.4, -0.2) is 10.2 Å². The maximum absolute atomic E-state index is 12.1. The van der Waals surface area contributed by atoms with Crippen molar-refractivity contribution in [1.82, 2.24) is 10.2 Å². The second-order valence-electron chi connectivity index (χ2n) is 2.28. The Kier molecular flexibility index (Phi) is 1.91. The van der Waals surface area contributed by atoms with Crippen molar-refractivity contribution >= 4 is 5.82 Å². The van der Waals surface area contributed by atoms with Crippen LogP contribution in [0.15, 0.2) is 6.07 Å². The van der Waals surface area contributed by atoms with Gasteiger partial charge in [0.05, 0.1) is 5.69 Å². The number of halogens is 3. The van der Waals surface area contributed by atoms with Crippen molar-refractivity contribution in [2.45, 2.75) is 13.1 Å². The Hall–Kier alpha value is -1.33. The molecule has 1 aromatic rings. The molecule has 0 atom stereocenters. The van der Waals surface area contributed by atoms with Crippen LogP contribution in [-0.2, 0) is 6.18 Å². The normalized spacial score (nSPS) is 11.7. The largest absolute Gasteiger partial charge is 0.420 e. The second-order valence-corrected chi connectivity index (χ2v) is 2.28. The van der Waals surface area contributed by atoms with Crippen molar-refractivity contribution in [2.75, 3.05) is 5.73 Å². The van der Waals surface area contributed by atoms with Gasteiger partial charge in [0.2, 0.25) is 0 Å². The lowest BCUT2D eigenvalue weighted by Gasteiger charge is -2.07. The molecule has 1 rings (SSSR count). The monoisotopic (exact) mass is 177 g/mol. The van der Waals surface area contributed by atoms with Crippen LogP contribution in [0, 0.1) is 6.92 Å². The van der Waals surface area contributed by atoms with Crippen LogP contribution in [0.25, 0.3) is 0 Å². The highest BCUT2D eigenvalue weighted by Crippen LogP contribution is 2.32. The van der Waals surface area contributed by atoms with Gasteiger partial charge in [0.15, 0.2) is 5.82 Å². The Morgan fingerprint density at radius 3 is 2.33 bits per heavy atom. The molecular formula is C6H6F3N3. The van der Waals surface area contributed by atoms with Crippen molar-refractivity contribution in [3.63, 3.8) is 0 Å². The van der Waals surface area contributed by atoms with Crippen LogP contribution < -0.4 is 5.73 Å². The molecule has 1 aromatic heterocycles. The van der Waals surface area contributed by atoms with E-state index in [0.29, 0.717) is 0 Å². The molecule has 1 heterocycles. The standard InChI is InChI=1S/C6H6F3N3/c1-3-2-4(6(7,8)9)5(10)12-11-3/h2H,1H3,(H2,10,12). The van der Waals surface area contributed by atoms with Crippen LogP contribution in [0.4, 0.5) is 19.0 Å². The van der Waals surface area contributed by atoms with Crippen molar-refractivity contribution in [2.24, 2.45) is 0 Å². The maximum atomic E-state index is 12.1. The van der Waals surface area contributed by atoms with E-state index in [1.165, 1.54) is 6.92 Å². The number of hydrogen-bond donors (Lipinski definition) is 1. The molecular weight excluding hydrogens is 171 g/mol. The summed E-state index contributed by atoms with van der Waals surface area (Å²) in [7, 11) is 0. The van der Waals surface area contributed by atoms with E-state index in [-0.39, 0.29) is 5.69 Å². The molecule has 12 heavy (non-hydrogen) atoms. The molecule has 6 heteroatoms. The third-order valence-corrected chi connectivity index (χ3v) is 1.25. The highest BCUT2D eigenvalue weighted by molar-refractivity contribution is 5.40. The average Bonchev–Trinajstić information content (AvgIpc) is 1.92. The molecule has 0 unspecified atom stereocenters. The lowest BCUT2D eigenvalue weighted by Crippen LogP contribution is -2.11. The summed E-state index contributed by atoms with van der Waals surface area (Å²) < 4.78 is 36.2. The average molecular weight is 177 g/mol. The minimum atomic E-state index is -4.45. The first-order valence-corrected chi connectivity index (χ1v) is 3.08. The Morgan fingerprint density at radius 2 is 1.92 bits per heavy atom. The fourth-order valence-corrected chi connectivity index (χ4v) is 0.725. The Labute approximate surface area is 66.4 Å². The van der Waals surface area contributed by atoms with E-state index in [1.54, 1.807) is 0 Å². The van der Waals surface area contributed by atoms with Gasteiger partial charge in [-0.1, -0.05) is 0 Å². The summed E-state index contributed by atoms with van der Waals surface area (Å²) in [6.45, 7) is 1.42. The van der Waals surface area contributed by atoms with E-state index in [2.05, 4.69) is 10.2 Å². The molecule has 0 amide bonds. The van der Waals surface area contributed by atoms with Gasteiger partial charge in [-0.25, -0.2) is 0 Å². The molecule has 0 bridgehead atoms. The van der Waals surface area contributed by atoms with E-state index in [0.717, 1.165) is 6.07 Å². The zero-order chi connectivity index (χ0) is 9.35. The molecule has 0 aliphatic rings. The van der Waals surface area contributed by atoms with Crippen LogP contribution in [0.1, 0.15) is 11.3 Å². The van der Waals surface area contributed by atoms with Crippen LogP contribution in [0.3, 0.4) is 0 Å². The fraction of sp³-hybridized carbons (Fsp3) is 0.333. The number of aryl methyl sites for hydroxylation is 1. The fourth-order valence-electron chi connectivity index (χ4n) is 0.725. The number of rotatable bonds is 0. The van der Waals surface area contributed by atoms with Crippen molar-refractivity contribution in [1.29, 1.82) is 0 Å². The van der Waals surface area contributed by atoms with Gasteiger partial charge in [-0.3, -0.25) is 0 Å². The quantitative estimate of drug-likeness (QED) is 0.651. The van der Waals surface area contributed by atoms with Gasteiger partial charge in [0, 0.05) is 0 Å². The highest BCUT2D eigenvalue weighted by Gasteiger charge is 2.34. The molecule has 0 aliphatic heterocycles. The predicted molar refractivity (Wildman–Crippen MR) is 36.2 cm³/mol. The number of nitrogen functional groups attached to an aromatic ring is 1. The first-order valence-electron chi connectivity index (χ1n) is 3.08. The number of aromatic nitrogens is 2. The maximum Gasteiger partial charge on any atom is 0.420 e. The Balaban J connectivity index is 3.23. The number of anilines is 1. The zero-order valence-electron chi connectivity index (χ0n) is 6.18. The third-order valence-electron chi connectivity index (χ3n) is 1.25. The lowest BCUT2D eigenvalue weighted by molar-refractivity contribution is -0.137. The van der Waals surface area contributed by atoms with E-state index in [9.17, 15) is 13.2 Å². The van der Waals surface area contributed by atoms with Gasteiger partial charge in [-0.2, -0.15) is 18.3 Å². The van der Waals surface area contributed by atoms with Gasteiger partial charge in [0.25, 0.3) is 0 Å². The van der Waals surface area contributed by atoms with E-state index < -0.39 is 17.6 Å². The van der Waals surface area contributed by atoms with E-state index >= 15 is 0 Å². The summed E-state index contributed by atoms with van der Waals surface area (Å²) in [4.78, 5) is 0. The van der Waals surface area contributed by atoms with Gasteiger partial charge in [-0.05, 0) is 13.0 Å². The summed E-state index contributed by atoms with van der Waals surface area (Å²) in [5.41, 5.74) is 4.24. The van der Waals surface area contributed by atoms with E-state index in [4.69, 9.17) is 5.73 Å². The molecule has 2 N–H and O–H groups in total. The molecule has 0 saturated carbocycles. The van der Waals surface area contributed by atoms with Crippen molar-refractivity contribution < 1.29 is 13.2 Å². The SMILES string of the molecule is Cc1cc(C(F)(F)F)c(N)nn1. The lowest BCUT2D eigenvalue weighted by atomic mass is 10.2. The zero-order valence-corrected chi connectivity index (χ0v) is 6.18. The summed E-state index contributed by atoms with van der Waals surface area (Å²) in [6, 6.07) is 0.863. The molecule has 0 fully saturated rings. The Bertz CT molecular complexity index is 295.